The van der Waals surface area contributed by atoms with Gasteiger partial charge in [0, 0.05) is 0 Å². The molecule has 1 heterocycles. The summed E-state index contributed by atoms with van der Waals surface area (Å²) in [6.45, 7) is 11.1. The van der Waals surface area contributed by atoms with E-state index in [1.165, 1.54) is 29.2 Å². The highest BCUT2D eigenvalue weighted by Crippen LogP contribution is 2.34. The molecule has 3 rings (SSSR count). The average Bonchev–Trinajstić information content (AvgIpc) is 2.54. The van der Waals surface area contributed by atoms with Gasteiger partial charge in [-0.1, -0.05) is 49.4 Å². The molecule has 0 bridgehead atoms. The van der Waals surface area contributed by atoms with Crippen LogP contribution in [0, 0.1) is 5.92 Å². The Labute approximate surface area is 128 Å². The molecule has 0 N–H and O–H groups in total. The van der Waals surface area contributed by atoms with E-state index in [0.29, 0.717) is 0 Å². The quantitative estimate of drug-likeness (QED) is 0.717. The molecule has 1 heteroatoms. The van der Waals surface area contributed by atoms with E-state index >= 15 is 0 Å². The van der Waals surface area contributed by atoms with Gasteiger partial charge >= 0.3 is 0 Å². The molecule has 0 amide bonds. The molecule has 1 aliphatic rings. The van der Waals surface area contributed by atoms with Crippen molar-refractivity contribution >= 4 is 10.8 Å². The van der Waals surface area contributed by atoms with Crippen LogP contribution >= 0.6 is 0 Å². The molecule has 0 radical (unpaired) electrons. The standard InChI is InChI=1S/C20H25N/c1-4-20(3,21-13-11-16(2)12-14-21)19-10-9-17-7-5-6-8-18(17)15-19/h4-10,15-16H,1,11-14H2,2-3H3. The zero-order chi connectivity index (χ0) is 14.9. The van der Waals surface area contributed by atoms with Crippen LogP contribution in [0.1, 0.15) is 32.3 Å². The van der Waals surface area contributed by atoms with Gasteiger partial charge in [-0.2, -0.15) is 0 Å². The normalized spacial score (nSPS) is 20.3. The van der Waals surface area contributed by atoms with Gasteiger partial charge in [0.1, 0.15) is 0 Å². The Morgan fingerprint density at radius 3 is 2.43 bits per heavy atom. The summed E-state index contributed by atoms with van der Waals surface area (Å²) in [5.74, 6) is 0.854. The first kappa shape index (κ1) is 14.3. The van der Waals surface area contributed by atoms with Gasteiger partial charge in [0.05, 0.1) is 5.54 Å². The van der Waals surface area contributed by atoms with Crippen LogP contribution in [0.2, 0.25) is 0 Å². The lowest BCUT2D eigenvalue weighted by atomic mass is 9.85. The van der Waals surface area contributed by atoms with Crippen molar-refractivity contribution in [3.05, 3.63) is 60.7 Å². The van der Waals surface area contributed by atoms with Crippen molar-refractivity contribution in [2.75, 3.05) is 13.1 Å². The molecule has 1 aliphatic heterocycles. The van der Waals surface area contributed by atoms with Crippen LogP contribution in [0.3, 0.4) is 0 Å². The number of likely N-dealkylation sites (tertiary alicyclic amines) is 1. The molecule has 21 heavy (non-hydrogen) atoms. The van der Waals surface area contributed by atoms with Gasteiger partial charge in [-0.3, -0.25) is 4.90 Å². The Morgan fingerprint density at radius 2 is 1.76 bits per heavy atom. The Bertz CT molecular complexity index is 637. The topological polar surface area (TPSA) is 3.24 Å². The Balaban J connectivity index is 1.98. The summed E-state index contributed by atoms with van der Waals surface area (Å²) >= 11 is 0. The van der Waals surface area contributed by atoms with Crippen LogP contribution in [0.25, 0.3) is 10.8 Å². The number of hydrogen-bond donors (Lipinski definition) is 0. The van der Waals surface area contributed by atoms with Gasteiger partial charge in [0.15, 0.2) is 0 Å². The highest BCUT2D eigenvalue weighted by atomic mass is 15.2. The highest BCUT2D eigenvalue weighted by Gasteiger charge is 2.32. The number of benzene rings is 2. The van der Waals surface area contributed by atoms with Gasteiger partial charge in [0.25, 0.3) is 0 Å². The second kappa shape index (κ2) is 5.65. The summed E-state index contributed by atoms with van der Waals surface area (Å²) in [5, 5.41) is 2.62. The molecule has 1 fully saturated rings. The van der Waals surface area contributed by atoms with Crippen molar-refractivity contribution in [3.8, 4) is 0 Å². The fourth-order valence-corrected chi connectivity index (χ4v) is 3.41. The van der Waals surface area contributed by atoms with E-state index in [1.807, 2.05) is 0 Å². The lowest BCUT2D eigenvalue weighted by molar-refractivity contribution is 0.0978. The van der Waals surface area contributed by atoms with E-state index in [2.05, 4.69) is 73.9 Å². The molecule has 1 nitrogen and oxygen atoms in total. The number of fused-ring (bicyclic) bond motifs is 1. The molecule has 2 aromatic carbocycles. The van der Waals surface area contributed by atoms with Crippen LogP contribution in [-0.2, 0) is 5.54 Å². The summed E-state index contributed by atoms with van der Waals surface area (Å²) in [7, 11) is 0. The largest absolute Gasteiger partial charge is 0.291 e. The number of rotatable bonds is 3. The molecule has 0 spiro atoms. The minimum absolute atomic E-state index is 0.0653. The molecule has 1 unspecified atom stereocenters. The maximum Gasteiger partial charge on any atom is 0.0614 e. The van der Waals surface area contributed by atoms with E-state index in [0.717, 1.165) is 19.0 Å². The molecule has 0 aromatic heterocycles. The summed E-state index contributed by atoms with van der Waals surface area (Å²) in [6, 6.07) is 15.4. The third-order valence-corrected chi connectivity index (χ3v) is 5.17. The fourth-order valence-electron chi connectivity index (χ4n) is 3.41. The van der Waals surface area contributed by atoms with Crippen LogP contribution in [0.5, 0.6) is 0 Å². The fraction of sp³-hybridized carbons (Fsp3) is 0.400. The lowest BCUT2D eigenvalue weighted by Crippen LogP contribution is -2.46. The number of nitrogens with zero attached hydrogens (tertiary/aromatic N) is 1. The van der Waals surface area contributed by atoms with E-state index in [-0.39, 0.29) is 5.54 Å². The molecule has 1 saturated heterocycles. The monoisotopic (exact) mass is 279 g/mol. The number of piperidine rings is 1. The molecule has 1 atom stereocenters. The van der Waals surface area contributed by atoms with Gasteiger partial charge in [-0.15, -0.1) is 6.58 Å². The smallest absolute Gasteiger partial charge is 0.0614 e. The van der Waals surface area contributed by atoms with Crippen molar-refractivity contribution in [2.24, 2.45) is 5.92 Å². The van der Waals surface area contributed by atoms with Crippen LogP contribution in [0.15, 0.2) is 55.1 Å². The summed E-state index contributed by atoms with van der Waals surface area (Å²) in [5.41, 5.74) is 1.29. The second-order valence-corrected chi connectivity index (χ2v) is 6.58. The molecular weight excluding hydrogens is 254 g/mol. The first-order valence-corrected chi connectivity index (χ1v) is 8.01. The van der Waals surface area contributed by atoms with Gasteiger partial charge in [-0.05, 0) is 61.2 Å². The van der Waals surface area contributed by atoms with E-state index < -0.39 is 0 Å². The summed E-state index contributed by atoms with van der Waals surface area (Å²) in [4.78, 5) is 2.59. The van der Waals surface area contributed by atoms with Crippen molar-refractivity contribution < 1.29 is 0 Å². The maximum absolute atomic E-state index is 4.14. The van der Waals surface area contributed by atoms with Crippen molar-refractivity contribution in [1.82, 2.24) is 4.90 Å². The first-order valence-electron chi connectivity index (χ1n) is 8.01. The Kier molecular flexibility index (Phi) is 3.86. The van der Waals surface area contributed by atoms with Crippen LogP contribution < -0.4 is 0 Å². The SMILES string of the molecule is C=CC(C)(c1ccc2ccccc2c1)N1CCC(C)CC1. The van der Waals surface area contributed by atoms with Gasteiger partial charge in [-0.25, -0.2) is 0 Å². The average molecular weight is 279 g/mol. The van der Waals surface area contributed by atoms with Crippen LogP contribution in [-0.4, -0.2) is 18.0 Å². The molecule has 110 valence electrons. The second-order valence-electron chi connectivity index (χ2n) is 6.58. The first-order chi connectivity index (χ1) is 10.1. The van der Waals surface area contributed by atoms with Crippen LogP contribution in [0.4, 0.5) is 0 Å². The predicted molar refractivity (Wildman–Crippen MR) is 91.5 cm³/mol. The molecule has 2 aromatic rings. The minimum Gasteiger partial charge on any atom is -0.291 e. The molecular formula is C20H25N. The maximum atomic E-state index is 4.14. The highest BCUT2D eigenvalue weighted by molar-refractivity contribution is 5.83. The third kappa shape index (κ3) is 2.63. The van der Waals surface area contributed by atoms with Gasteiger partial charge < -0.3 is 0 Å². The Hall–Kier alpha value is -1.60. The minimum atomic E-state index is -0.0653. The third-order valence-electron chi connectivity index (χ3n) is 5.17. The zero-order valence-corrected chi connectivity index (χ0v) is 13.2. The summed E-state index contributed by atoms with van der Waals surface area (Å²) in [6.07, 6.45) is 4.70. The molecule has 0 saturated carbocycles. The lowest BCUT2D eigenvalue weighted by Gasteiger charge is -2.43. The Morgan fingerprint density at radius 1 is 1.10 bits per heavy atom. The van der Waals surface area contributed by atoms with Gasteiger partial charge in [0.2, 0.25) is 0 Å². The zero-order valence-electron chi connectivity index (χ0n) is 13.2. The van der Waals surface area contributed by atoms with Crippen molar-refractivity contribution in [2.45, 2.75) is 32.2 Å². The molecule has 0 aliphatic carbocycles. The predicted octanol–water partition coefficient (Wildman–Crippen LogP) is 4.97. The van der Waals surface area contributed by atoms with E-state index in [4.69, 9.17) is 0 Å². The van der Waals surface area contributed by atoms with E-state index in [9.17, 15) is 0 Å². The number of hydrogen-bond acceptors (Lipinski definition) is 1. The van der Waals surface area contributed by atoms with Crippen molar-refractivity contribution in [3.63, 3.8) is 0 Å². The van der Waals surface area contributed by atoms with Crippen molar-refractivity contribution in [1.29, 1.82) is 0 Å². The summed E-state index contributed by atoms with van der Waals surface area (Å²) < 4.78 is 0. The van der Waals surface area contributed by atoms with E-state index in [1.54, 1.807) is 0 Å².